The third kappa shape index (κ3) is 5.73. The van der Waals surface area contributed by atoms with Crippen molar-refractivity contribution in [1.29, 1.82) is 0 Å². The molecule has 8 heteroatoms. The van der Waals surface area contributed by atoms with Gasteiger partial charge in [-0.15, -0.1) is 0 Å². The van der Waals surface area contributed by atoms with Crippen LogP contribution in [0.4, 0.5) is 11.8 Å². The Balaban J connectivity index is 1.29. The second-order valence-corrected chi connectivity index (χ2v) is 9.93. The first kappa shape index (κ1) is 24.5. The zero-order valence-corrected chi connectivity index (χ0v) is 22.0. The molecule has 0 aliphatic heterocycles. The van der Waals surface area contributed by atoms with E-state index in [2.05, 4.69) is 38.7 Å². The van der Waals surface area contributed by atoms with Crippen molar-refractivity contribution < 1.29 is 9.47 Å². The molecule has 0 unspecified atom stereocenters. The van der Waals surface area contributed by atoms with Crippen LogP contribution in [-0.4, -0.2) is 50.9 Å². The average molecular weight is 528 g/mol. The number of para-hydroxylation sites is 1. The summed E-state index contributed by atoms with van der Waals surface area (Å²) < 4.78 is 11.8. The van der Waals surface area contributed by atoms with E-state index in [1.54, 1.807) is 14.2 Å². The summed E-state index contributed by atoms with van der Waals surface area (Å²) in [5.74, 6) is 3.96. The predicted molar refractivity (Wildman–Crippen MR) is 142 cm³/mol. The lowest BCUT2D eigenvalue weighted by atomic mass is 9.86. The Hall–Kier alpha value is -2.58. The molecule has 1 fully saturated rings. The zero-order chi connectivity index (χ0) is 24.1. The number of nitrogens with zero attached hydrogens (tertiary/aromatic N) is 3. The summed E-state index contributed by atoms with van der Waals surface area (Å²) in [6, 6.07) is 12.6. The summed E-state index contributed by atoms with van der Waals surface area (Å²) in [4.78, 5) is 11.6. The summed E-state index contributed by atoms with van der Waals surface area (Å²) in [6.07, 6.45) is 4.61. The molecule has 3 aromatic rings. The molecule has 0 radical (unpaired) electrons. The van der Waals surface area contributed by atoms with E-state index in [1.165, 1.54) is 12.8 Å². The van der Waals surface area contributed by atoms with Gasteiger partial charge in [0.2, 0.25) is 5.95 Å². The van der Waals surface area contributed by atoms with Crippen LogP contribution in [-0.2, 0) is 6.54 Å². The van der Waals surface area contributed by atoms with Crippen LogP contribution in [0.2, 0.25) is 0 Å². The molecule has 2 N–H and O–H groups in total. The van der Waals surface area contributed by atoms with Gasteiger partial charge in [0.25, 0.3) is 0 Å². The first-order valence-electron chi connectivity index (χ1n) is 11.8. The Morgan fingerprint density at radius 1 is 1.00 bits per heavy atom. The molecule has 4 rings (SSSR count). The molecular formula is C26H34BrN5O2. The van der Waals surface area contributed by atoms with Gasteiger partial charge < -0.3 is 25.0 Å². The highest BCUT2D eigenvalue weighted by atomic mass is 79.9. The van der Waals surface area contributed by atoms with Crippen LogP contribution >= 0.6 is 15.9 Å². The number of benzene rings is 2. The quantitative estimate of drug-likeness (QED) is 0.394. The van der Waals surface area contributed by atoms with Gasteiger partial charge >= 0.3 is 0 Å². The molecule has 34 heavy (non-hydrogen) atoms. The Morgan fingerprint density at radius 2 is 1.74 bits per heavy atom. The smallest absolute Gasteiger partial charge is 0.225 e. The highest BCUT2D eigenvalue weighted by molar-refractivity contribution is 9.10. The maximum Gasteiger partial charge on any atom is 0.225 e. The second kappa shape index (κ2) is 11.2. The van der Waals surface area contributed by atoms with Crippen molar-refractivity contribution in [3.05, 3.63) is 46.4 Å². The van der Waals surface area contributed by atoms with Crippen molar-refractivity contribution in [2.24, 2.45) is 5.92 Å². The van der Waals surface area contributed by atoms with Gasteiger partial charge in [0.15, 0.2) is 0 Å². The van der Waals surface area contributed by atoms with Crippen LogP contribution in [0.15, 0.2) is 40.9 Å². The lowest BCUT2D eigenvalue weighted by molar-refractivity contribution is 0.322. The number of ether oxygens (including phenoxy) is 2. The maximum atomic E-state index is 5.54. The van der Waals surface area contributed by atoms with Crippen LogP contribution in [0.25, 0.3) is 10.9 Å². The van der Waals surface area contributed by atoms with Gasteiger partial charge in [-0.1, -0.05) is 12.1 Å². The van der Waals surface area contributed by atoms with Crippen LogP contribution < -0.4 is 25.0 Å². The monoisotopic (exact) mass is 527 g/mol. The van der Waals surface area contributed by atoms with Crippen molar-refractivity contribution in [1.82, 2.24) is 15.3 Å². The van der Waals surface area contributed by atoms with Gasteiger partial charge in [0.05, 0.1) is 24.2 Å². The number of nitrogens with one attached hydrogen (secondary N) is 2. The molecule has 1 aliphatic rings. The van der Waals surface area contributed by atoms with Crippen molar-refractivity contribution in [2.45, 2.75) is 38.3 Å². The lowest BCUT2D eigenvalue weighted by Crippen LogP contribution is -2.31. The molecule has 1 saturated carbocycles. The summed E-state index contributed by atoms with van der Waals surface area (Å²) in [6.45, 7) is 1.76. The van der Waals surface area contributed by atoms with Crippen molar-refractivity contribution in [2.75, 3.05) is 45.1 Å². The van der Waals surface area contributed by atoms with E-state index in [0.29, 0.717) is 12.0 Å². The van der Waals surface area contributed by atoms with Gasteiger partial charge in [-0.3, -0.25) is 0 Å². The SMILES string of the molecule is COc1cc(OC)c(CNCC2CCC(Nc3nc(N(C)C)c4ccccc4n3)CC2)cc1Br. The van der Waals surface area contributed by atoms with Gasteiger partial charge in [-0.2, -0.15) is 4.98 Å². The third-order valence-electron chi connectivity index (χ3n) is 6.49. The van der Waals surface area contributed by atoms with Crippen LogP contribution in [0.5, 0.6) is 11.5 Å². The molecule has 0 saturated heterocycles. The highest BCUT2D eigenvalue weighted by Gasteiger charge is 2.22. The molecule has 0 spiro atoms. The van der Waals surface area contributed by atoms with E-state index in [9.17, 15) is 0 Å². The lowest BCUT2D eigenvalue weighted by Gasteiger charge is -2.29. The Kier molecular flexibility index (Phi) is 8.11. The third-order valence-corrected chi connectivity index (χ3v) is 7.11. The van der Waals surface area contributed by atoms with E-state index in [-0.39, 0.29) is 0 Å². The molecular weight excluding hydrogens is 494 g/mol. The van der Waals surface area contributed by atoms with Crippen LogP contribution in [0.1, 0.15) is 31.2 Å². The number of hydrogen-bond donors (Lipinski definition) is 2. The fourth-order valence-electron chi connectivity index (χ4n) is 4.63. The second-order valence-electron chi connectivity index (χ2n) is 9.07. The normalized spacial score (nSPS) is 18.0. The maximum absolute atomic E-state index is 5.54. The average Bonchev–Trinajstić information content (AvgIpc) is 2.84. The summed E-state index contributed by atoms with van der Waals surface area (Å²) in [5.41, 5.74) is 2.10. The molecule has 0 bridgehead atoms. The topological polar surface area (TPSA) is 71.5 Å². The predicted octanol–water partition coefficient (Wildman–Crippen LogP) is 5.24. The molecule has 1 aliphatic carbocycles. The molecule has 1 heterocycles. The fourth-order valence-corrected chi connectivity index (χ4v) is 5.18. The molecule has 182 valence electrons. The Labute approximate surface area is 210 Å². The minimum absolute atomic E-state index is 0.407. The first-order valence-corrected chi connectivity index (χ1v) is 12.6. The number of anilines is 2. The number of fused-ring (bicyclic) bond motifs is 1. The van der Waals surface area contributed by atoms with Crippen LogP contribution in [0.3, 0.4) is 0 Å². The summed E-state index contributed by atoms with van der Waals surface area (Å²) in [5, 5.41) is 8.30. The number of halogens is 1. The Morgan fingerprint density at radius 3 is 2.44 bits per heavy atom. The molecule has 0 atom stereocenters. The van der Waals surface area contributed by atoms with Gasteiger partial charge in [0, 0.05) is 43.7 Å². The van der Waals surface area contributed by atoms with Gasteiger partial charge in [-0.05, 0) is 72.3 Å². The van der Waals surface area contributed by atoms with E-state index < -0.39 is 0 Å². The van der Waals surface area contributed by atoms with E-state index in [1.807, 2.05) is 43.3 Å². The molecule has 7 nitrogen and oxygen atoms in total. The number of rotatable bonds is 9. The largest absolute Gasteiger partial charge is 0.496 e. The van der Waals surface area contributed by atoms with Crippen molar-refractivity contribution in [3.63, 3.8) is 0 Å². The Bertz CT molecular complexity index is 1120. The molecule has 2 aromatic carbocycles. The zero-order valence-electron chi connectivity index (χ0n) is 20.4. The number of aromatic nitrogens is 2. The summed E-state index contributed by atoms with van der Waals surface area (Å²) in [7, 11) is 7.41. The standard InChI is InChI=1S/C26H34BrN5O2/c1-32(2)25-20-7-5-6-8-22(20)30-26(31-25)29-19-11-9-17(10-12-19)15-28-16-18-13-21(27)24(34-4)14-23(18)33-3/h5-8,13-14,17,19,28H,9-12,15-16H2,1-4H3,(H,29,30,31). The summed E-state index contributed by atoms with van der Waals surface area (Å²) >= 11 is 3.57. The first-order chi connectivity index (χ1) is 16.5. The van der Waals surface area contributed by atoms with Gasteiger partial charge in [0.1, 0.15) is 17.3 Å². The van der Waals surface area contributed by atoms with E-state index in [4.69, 9.17) is 19.4 Å². The fraction of sp³-hybridized carbons (Fsp3) is 0.462. The molecule has 0 amide bonds. The highest BCUT2D eigenvalue weighted by Crippen LogP contribution is 2.33. The molecule has 1 aromatic heterocycles. The van der Waals surface area contributed by atoms with Crippen molar-refractivity contribution >= 4 is 38.6 Å². The van der Waals surface area contributed by atoms with E-state index in [0.717, 1.165) is 70.1 Å². The van der Waals surface area contributed by atoms with Gasteiger partial charge in [-0.25, -0.2) is 4.98 Å². The van der Waals surface area contributed by atoms with Crippen LogP contribution in [0, 0.1) is 5.92 Å². The van der Waals surface area contributed by atoms with E-state index >= 15 is 0 Å². The number of methoxy groups -OCH3 is 2. The number of hydrogen-bond acceptors (Lipinski definition) is 7. The minimum atomic E-state index is 0.407. The minimum Gasteiger partial charge on any atom is -0.496 e. The van der Waals surface area contributed by atoms with Crippen molar-refractivity contribution in [3.8, 4) is 11.5 Å².